The van der Waals surface area contributed by atoms with Crippen LogP contribution in [0, 0.1) is 0 Å². The number of hydrogen-bond acceptors (Lipinski definition) is 3. The summed E-state index contributed by atoms with van der Waals surface area (Å²) in [6, 6.07) is 5.17. The number of hydrogen-bond donors (Lipinski definition) is 3. The second kappa shape index (κ2) is 4.52. The molecule has 0 aliphatic rings. The van der Waals surface area contributed by atoms with Crippen LogP contribution in [0.3, 0.4) is 0 Å². The number of aliphatic hydroxyl groups excluding tert-OH is 1. The van der Waals surface area contributed by atoms with E-state index < -0.39 is 0 Å². The number of nitrogen functional groups attached to an aromatic ring is 1. The number of rotatable bonds is 3. The molecule has 0 bridgehead atoms. The number of anilines is 1. The average molecular weight is 179 g/mol. The van der Waals surface area contributed by atoms with Crippen LogP contribution < -0.4 is 5.73 Å². The standard InChI is InChI=1S/C10H13NO2/c11-9-6-3-5-8(10(9)13)4-1-2-7-12/h1,3-6,12-13H,2,7,11H2. The zero-order valence-electron chi connectivity index (χ0n) is 7.27. The molecule has 70 valence electrons. The minimum Gasteiger partial charge on any atom is -0.505 e. The lowest BCUT2D eigenvalue weighted by molar-refractivity contribution is 0.303. The van der Waals surface area contributed by atoms with Crippen LogP contribution in [0.25, 0.3) is 6.08 Å². The molecule has 0 aliphatic heterocycles. The van der Waals surface area contributed by atoms with Gasteiger partial charge in [-0.05, 0) is 12.5 Å². The van der Waals surface area contributed by atoms with Crippen LogP contribution in [-0.4, -0.2) is 16.8 Å². The van der Waals surface area contributed by atoms with E-state index in [-0.39, 0.29) is 12.4 Å². The molecule has 0 heterocycles. The Morgan fingerprint density at radius 3 is 2.85 bits per heavy atom. The molecule has 0 fully saturated rings. The lowest BCUT2D eigenvalue weighted by atomic mass is 10.1. The highest BCUT2D eigenvalue weighted by atomic mass is 16.3. The first-order chi connectivity index (χ1) is 6.25. The molecular formula is C10H13NO2. The Kier molecular flexibility index (Phi) is 3.34. The van der Waals surface area contributed by atoms with Crippen molar-refractivity contribution >= 4 is 11.8 Å². The van der Waals surface area contributed by atoms with Crippen LogP contribution in [0.4, 0.5) is 5.69 Å². The summed E-state index contributed by atoms with van der Waals surface area (Å²) in [6.45, 7) is 0.111. The third kappa shape index (κ3) is 2.49. The van der Waals surface area contributed by atoms with Gasteiger partial charge in [0.25, 0.3) is 0 Å². The summed E-state index contributed by atoms with van der Waals surface area (Å²) in [7, 11) is 0. The molecule has 0 aliphatic carbocycles. The van der Waals surface area contributed by atoms with Crippen LogP contribution in [-0.2, 0) is 0 Å². The first-order valence-corrected chi connectivity index (χ1v) is 4.10. The van der Waals surface area contributed by atoms with Crippen LogP contribution in [0.15, 0.2) is 24.3 Å². The normalized spacial score (nSPS) is 10.8. The number of phenolic OH excluding ortho intramolecular Hbond substituents is 1. The number of aromatic hydroxyl groups is 1. The van der Waals surface area contributed by atoms with E-state index in [0.29, 0.717) is 17.7 Å². The lowest BCUT2D eigenvalue weighted by Gasteiger charge is -2.01. The van der Waals surface area contributed by atoms with E-state index in [1.165, 1.54) is 0 Å². The van der Waals surface area contributed by atoms with Crippen molar-refractivity contribution in [3.63, 3.8) is 0 Å². The van der Waals surface area contributed by atoms with Crippen LogP contribution >= 0.6 is 0 Å². The van der Waals surface area contributed by atoms with E-state index in [9.17, 15) is 5.11 Å². The van der Waals surface area contributed by atoms with E-state index in [4.69, 9.17) is 10.8 Å². The van der Waals surface area contributed by atoms with Crippen molar-refractivity contribution in [2.75, 3.05) is 12.3 Å². The molecule has 0 saturated carbocycles. The number of nitrogens with two attached hydrogens (primary N) is 1. The van der Waals surface area contributed by atoms with Crippen LogP contribution in [0.1, 0.15) is 12.0 Å². The summed E-state index contributed by atoms with van der Waals surface area (Å²) in [4.78, 5) is 0. The second-order valence-electron chi connectivity index (χ2n) is 2.70. The predicted octanol–water partition coefficient (Wildman–Crippen LogP) is 1.37. The van der Waals surface area contributed by atoms with Gasteiger partial charge in [-0.1, -0.05) is 24.3 Å². The van der Waals surface area contributed by atoms with Gasteiger partial charge in [-0.3, -0.25) is 0 Å². The molecule has 0 spiro atoms. The molecule has 13 heavy (non-hydrogen) atoms. The van der Waals surface area contributed by atoms with Crippen molar-refractivity contribution < 1.29 is 10.2 Å². The molecule has 0 radical (unpaired) electrons. The Hall–Kier alpha value is -1.48. The number of para-hydroxylation sites is 1. The van der Waals surface area contributed by atoms with Crippen LogP contribution in [0.2, 0.25) is 0 Å². The first kappa shape index (κ1) is 9.61. The highest BCUT2D eigenvalue weighted by Crippen LogP contribution is 2.25. The summed E-state index contributed by atoms with van der Waals surface area (Å²) in [5.74, 6) is 0.0942. The SMILES string of the molecule is Nc1cccc(C=CCCO)c1O. The number of aliphatic hydroxyl groups is 1. The van der Waals surface area contributed by atoms with Crippen LogP contribution in [0.5, 0.6) is 5.75 Å². The summed E-state index contributed by atoms with van der Waals surface area (Å²) in [5, 5.41) is 18.0. The van der Waals surface area contributed by atoms with Gasteiger partial charge in [-0.15, -0.1) is 0 Å². The molecular weight excluding hydrogens is 166 g/mol. The Morgan fingerprint density at radius 1 is 1.38 bits per heavy atom. The van der Waals surface area contributed by atoms with Gasteiger partial charge in [-0.2, -0.15) is 0 Å². The van der Waals surface area contributed by atoms with E-state index >= 15 is 0 Å². The molecule has 0 amide bonds. The first-order valence-electron chi connectivity index (χ1n) is 4.10. The quantitative estimate of drug-likeness (QED) is 0.485. The van der Waals surface area contributed by atoms with E-state index in [1.807, 2.05) is 0 Å². The topological polar surface area (TPSA) is 66.5 Å². The Morgan fingerprint density at radius 2 is 2.15 bits per heavy atom. The van der Waals surface area contributed by atoms with E-state index in [0.717, 1.165) is 0 Å². The van der Waals surface area contributed by atoms with Crippen molar-refractivity contribution in [3.8, 4) is 5.75 Å². The molecule has 1 rings (SSSR count). The molecule has 1 aromatic rings. The smallest absolute Gasteiger partial charge is 0.145 e. The van der Waals surface area contributed by atoms with Crippen molar-refractivity contribution in [3.05, 3.63) is 29.8 Å². The number of phenols is 1. The summed E-state index contributed by atoms with van der Waals surface area (Å²) in [6.07, 6.45) is 4.10. The summed E-state index contributed by atoms with van der Waals surface area (Å²) in [5.41, 5.74) is 6.53. The van der Waals surface area contributed by atoms with Crippen molar-refractivity contribution in [2.24, 2.45) is 0 Å². The zero-order valence-corrected chi connectivity index (χ0v) is 7.27. The van der Waals surface area contributed by atoms with Gasteiger partial charge in [0.2, 0.25) is 0 Å². The fourth-order valence-electron chi connectivity index (χ4n) is 0.999. The predicted molar refractivity (Wildman–Crippen MR) is 53.3 cm³/mol. The monoisotopic (exact) mass is 179 g/mol. The molecule has 0 saturated heterocycles. The molecule has 0 unspecified atom stereocenters. The molecule has 1 aromatic carbocycles. The highest BCUT2D eigenvalue weighted by molar-refractivity contribution is 5.66. The maximum atomic E-state index is 9.46. The van der Waals surface area contributed by atoms with Crippen molar-refractivity contribution in [1.29, 1.82) is 0 Å². The van der Waals surface area contributed by atoms with Gasteiger partial charge in [0.05, 0.1) is 5.69 Å². The molecule has 0 atom stereocenters. The number of benzene rings is 1. The fourth-order valence-corrected chi connectivity index (χ4v) is 0.999. The molecule has 0 aromatic heterocycles. The Bertz CT molecular complexity index is 308. The molecule has 4 N–H and O–H groups in total. The average Bonchev–Trinajstić information content (AvgIpc) is 2.13. The maximum Gasteiger partial charge on any atom is 0.145 e. The van der Waals surface area contributed by atoms with Gasteiger partial charge in [0.1, 0.15) is 5.75 Å². The summed E-state index contributed by atoms with van der Waals surface area (Å²) < 4.78 is 0. The third-order valence-electron chi connectivity index (χ3n) is 1.69. The zero-order chi connectivity index (χ0) is 9.68. The van der Waals surface area contributed by atoms with E-state index in [1.54, 1.807) is 30.4 Å². The lowest BCUT2D eigenvalue weighted by Crippen LogP contribution is -1.86. The fraction of sp³-hybridized carbons (Fsp3) is 0.200. The summed E-state index contributed by atoms with van der Waals surface area (Å²) >= 11 is 0. The van der Waals surface area contributed by atoms with Gasteiger partial charge >= 0.3 is 0 Å². The Balaban J connectivity index is 2.83. The molecule has 3 nitrogen and oxygen atoms in total. The second-order valence-corrected chi connectivity index (χ2v) is 2.70. The Labute approximate surface area is 77.1 Å². The van der Waals surface area contributed by atoms with Gasteiger partial charge in [-0.25, -0.2) is 0 Å². The van der Waals surface area contributed by atoms with Crippen molar-refractivity contribution in [1.82, 2.24) is 0 Å². The largest absolute Gasteiger partial charge is 0.505 e. The third-order valence-corrected chi connectivity index (χ3v) is 1.69. The minimum absolute atomic E-state index is 0.0942. The van der Waals surface area contributed by atoms with Gasteiger partial charge in [0.15, 0.2) is 0 Å². The van der Waals surface area contributed by atoms with Crippen molar-refractivity contribution in [2.45, 2.75) is 6.42 Å². The van der Waals surface area contributed by atoms with Gasteiger partial charge < -0.3 is 15.9 Å². The maximum absolute atomic E-state index is 9.46. The molecule has 3 heteroatoms. The van der Waals surface area contributed by atoms with E-state index in [2.05, 4.69) is 0 Å². The minimum atomic E-state index is 0.0942. The highest BCUT2D eigenvalue weighted by Gasteiger charge is 1.99. The van der Waals surface area contributed by atoms with Gasteiger partial charge in [0, 0.05) is 12.2 Å².